The molecule has 0 amide bonds. The average molecular weight is 383 g/mol. The molecule has 0 aliphatic rings. The first-order valence-electron chi connectivity index (χ1n) is 7.70. The molecule has 126 valence electrons. The van der Waals surface area contributed by atoms with Crippen LogP contribution in [-0.4, -0.2) is 30.5 Å². The Balaban J connectivity index is 3.22. The van der Waals surface area contributed by atoms with E-state index in [0.29, 0.717) is 5.33 Å². The third-order valence-corrected chi connectivity index (χ3v) is 3.78. The molecule has 1 rings (SSSR count). The minimum Gasteiger partial charge on any atom is -0.465 e. The predicted molar refractivity (Wildman–Crippen MR) is 93.4 cm³/mol. The first kappa shape index (κ1) is 19.4. The van der Waals surface area contributed by atoms with Gasteiger partial charge in [0.25, 0.3) is 0 Å². The molecule has 0 radical (unpaired) electrons. The predicted octanol–water partition coefficient (Wildman–Crippen LogP) is 3.68. The Morgan fingerprint density at radius 2 is 1.61 bits per heavy atom. The number of halogens is 1. The molecule has 0 saturated carbocycles. The van der Waals surface area contributed by atoms with Gasteiger partial charge in [-0.2, -0.15) is 0 Å². The zero-order valence-corrected chi connectivity index (χ0v) is 15.2. The molecule has 1 aromatic rings. The molecule has 1 aromatic carbocycles. The number of carbonyl (C=O) groups is 2. The summed E-state index contributed by atoms with van der Waals surface area (Å²) < 4.78 is 10.4. The molecular formula is C18H23BrO4. The summed E-state index contributed by atoms with van der Waals surface area (Å²) >= 11 is 3.30. The molecule has 0 atom stereocenters. The zero-order chi connectivity index (χ0) is 17.1. The summed E-state index contributed by atoms with van der Waals surface area (Å²) in [6.45, 7) is 3.89. The summed E-state index contributed by atoms with van der Waals surface area (Å²) in [6.07, 6.45) is 4.16. The highest BCUT2D eigenvalue weighted by molar-refractivity contribution is 9.09. The quantitative estimate of drug-likeness (QED) is 0.283. The smallest absolute Gasteiger partial charge is 0.324 e. The van der Waals surface area contributed by atoms with E-state index in [1.54, 1.807) is 13.8 Å². The SMILES string of the molecule is CCOC(=O)C(C/C=C\CBr)(Cc1ccccc1)C(=O)OCC. The Morgan fingerprint density at radius 1 is 1.04 bits per heavy atom. The monoisotopic (exact) mass is 382 g/mol. The maximum absolute atomic E-state index is 12.6. The number of allylic oxidation sites excluding steroid dienone is 2. The first-order chi connectivity index (χ1) is 11.1. The zero-order valence-electron chi connectivity index (χ0n) is 13.6. The maximum atomic E-state index is 12.6. The Morgan fingerprint density at radius 3 is 2.09 bits per heavy atom. The summed E-state index contributed by atoms with van der Waals surface area (Å²) in [7, 11) is 0. The second kappa shape index (κ2) is 10.2. The van der Waals surface area contributed by atoms with Gasteiger partial charge in [0.15, 0.2) is 5.41 Å². The van der Waals surface area contributed by atoms with Crippen molar-refractivity contribution < 1.29 is 19.1 Å². The molecule has 0 bridgehead atoms. The van der Waals surface area contributed by atoms with Crippen molar-refractivity contribution in [2.75, 3.05) is 18.5 Å². The van der Waals surface area contributed by atoms with Crippen LogP contribution in [-0.2, 0) is 25.5 Å². The van der Waals surface area contributed by atoms with Crippen molar-refractivity contribution in [3.63, 3.8) is 0 Å². The number of benzene rings is 1. The van der Waals surface area contributed by atoms with Crippen LogP contribution in [0.3, 0.4) is 0 Å². The Kier molecular flexibility index (Phi) is 8.62. The van der Waals surface area contributed by atoms with E-state index in [0.717, 1.165) is 5.56 Å². The van der Waals surface area contributed by atoms with Gasteiger partial charge < -0.3 is 9.47 Å². The Labute approximate surface area is 146 Å². The van der Waals surface area contributed by atoms with Gasteiger partial charge in [0.05, 0.1) is 13.2 Å². The van der Waals surface area contributed by atoms with Gasteiger partial charge in [-0.3, -0.25) is 9.59 Å². The topological polar surface area (TPSA) is 52.6 Å². The van der Waals surface area contributed by atoms with Gasteiger partial charge in [0, 0.05) is 5.33 Å². The molecule has 4 nitrogen and oxygen atoms in total. The van der Waals surface area contributed by atoms with E-state index in [4.69, 9.17) is 9.47 Å². The van der Waals surface area contributed by atoms with Crippen LogP contribution in [0.4, 0.5) is 0 Å². The molecule has 0 unspecified atom stereocenters. The van der Waals surface area contributed by atoms with E-state index < -0.39 is 17.4 Å². The van der Waals surface area contributed by atoms with Crippen LogP contribution >= 0.6 is 15.9 Å². The second-order valence-corrected chi connectivity index (χ2v) is 5.66. The summed E-state index contributed by atoms with van der Waals surface area (Å²) in [5, 5.41) is 0.653. The van der Waals surface area contributed by atoms with Crippen molar-refractivity contribution in [2.45, 2.75) is 26.7 Å². The standard InChI is InChI=1S/C18H23BrO4/c1-3-22-16(20)18(12-8-9-13-19,17(21)23-4-2)14-15-10-6-5-7-11-15/h5-11H,3-4,12-14H2,1-2H3/b9-8-. The third-order valence-electron chi connectivity index (χ3n) is 3.40. The van der Waals surface area contributed by atoms with Gasteiger partial charge in [-0.25, -0.2) is 0 Å². The van der Waals surface area contributed by atoms with E-state index in [-0.39, 0.29) is 26.1 Å². The highest BCUT2D eigenvalue weighted by Crippen LogP contribution is 2.32. The van der Waals surface area contributed by atoms with Crippen LogP contribution in [0.1, 0.15) is 25.8 Å². The number of hydrogen-bond donors (Lipinski definition) is 0. The molecule has 0 heterocycles. The number of hydrogen-bond acceptors (Lipinski definition) is 4. The normalized spacial score (nSPS) is 11.4. The molecule has 5 heteroatoms. The number of ether oxygens (including phenoxy) is 2. The maximum Gasteiger partial charge on any atom is 0.324 e. The van der Waals surface area contributed by atoms with E-state index in [1.807, 2.05) is 42.5 Å². The van der Waals surface area contributed by atoms with Crippen molar-refractivity contribution >= 4 is 27.9 Å². The van der Waals surface area contributed by atoms with Gasteiger partial charge in [0.1, 0.15) is 0 Å². The molecule has 0 fully saturated rings. The molecule has 0 saturated heterocycles. The van der Waals surface area contributed by atoms with Crippen molar-refractivity contribution in [3.8, 4) is 0 Å². The highest BCUT2D eigenvalue weighted by Gasteiger charge is 2.48. The summed E-state index contributed by atoms with van der Waals surface area (Å²) in [6, 6.07) is 9.43. The average Bonchev–Trinajstić information content (AvgIpc) is 2.55. The van der Waals surface area contributed by atoms with Crippen molar-refractivity contribution in [1.82, 2.24) is 0 Å². The number of alkyl halides is 1. The fourth-order valence-electron chi connectivity index (χ4n) is 2.30. The van der Waals surface area contributed by atoms with Gasteiger partial charge in [-0.15, -0.1) is 0 Å². The molecular weight excluding hydrogens is 360 g/mol. The fourth-order valence-corrected chi connectivity index (χ4v) is 2.56. The number of esters is 2. The lowest BCUT2D eigenvalue weighted by Crippen LogP contribution is -2.43. The third kappa shape index (κ3) is 5.50. The van der Waals surface area contributed by atoms with Crippen LogP contribution in [0.2, 0.25) is 0 Å². The largest absolute Gasteiger partial charge is 0.465 e. The molecule has 0 aliphatic heterocycles. The molecule has 0 aliphatic carbocycles. The van der Waals surface area contributed by atoms with Gasteiger partial charge in [0.2, 0.25) is 0 Å². The number of rotatable bonds is 9. The minimum absolute atomic E-state index is 0.219. The number of carbonyl (C=O) groups excluding carboxylic acids is 2. The second-order valence-electron chi connectivity index (χ2n) is 5.02. The van der Waals surface area contributed by atoms with E-state index in [9.17, 15) is 9.59 Å². The van der Waals surface area contributed by atoms with Gasteiger partial charge in [-0.1, -0.05) is 58.4 Å². The van der Waals surface area contributed by atoms with Crippen molar-refractivity contribution in [3.05, 3.63) is 48.0 Å². The van der Waals surface area contributed by atoms with E-state index >= 15 is 0 Å². The Bertz CT molecular complexity index is 507. The lowest BCUT2D eigenvalue weighted by Gasteiger charge is -2.28. The van der Waals surface area contributed by atoms with Crippen molar-refractivity contribution in [2.24, 2.45) is 5.41 Å². The first-order valence-corrected chi connectivity index (χ1v) is 8.82. The van der Waals surface area contributed by atoms with Gasteiger partial charge >= 0.3 is 11.9 Å². The fraction of sp³-hybridized carbons (Fsp3) is 0.444. The van der Waals surface area contributed by atoms with Crippen LogP contribution in [0.15, 0.2) is 42.5 Å². The van der Waals surface area contributed by atoms with Crippen LogP contribution < -0.4 is 0 Å². The lowest BCUT2D eigenvalue weighted by atomic mass is 9.78. The molecule has 0 aromatic heterocycles. The highest BCUT2D eigenvalue weighted by atomic mass is 79.9. The van der Waals surface area contributed by atoms with Crippen LogP contribution in [0.25, 0.3) is 0 Å². The summed E-state index contributed by atoms with van der Waals surface area (Å²) in [5.41, 5.74) is -0.465. The van der Waals surface area contributed by atoms with Crippen LogP contribution in [0.5, 0.6) is 0 Å². The minimum atomic E-state index is -1.36. The summed E-state index contributed by atoms with van der Waals surface area (Å²) in [4.78, 5) is 25.2. The van der Waals surface area contributed by atoms with E-state index in [1.165, 1.54) is 0 Å². The lowest BCUT2D eigenvalue weighted by molar-refractivity contribution is -0.171. The molecule has 0 spiro atoms. The molecule has 0 N–H and O–H groups in total. The van der Waals surface area contributed by atoms with Crippen LogP contribution in [0, 0.1) is 5.41 Å². The molecule has 23 heavy (non-hydrogen) atoms. The van der Waals surface area contributed by atoms with E-state index in [2.05, 4.69) is 15.9 Å². The van der Waals surface area contributed by atoms with Crippen molar-refractivity contribution in [1.29, 1.82) is 0 Å². The Hall–Kier alpha value is -1.62. The van der Waals surface area contributed by atoms with Gasteiger partial charge in [-0.05, 0) is 32.3 Å². The summed E-state index contributed by atoms with van der Waals surface area (Å²) in [5.74, 6) is -1.08.